The van der Waals surface area contributed by atoms with E-state index in [1.807, 2.05) is 54.6 Å². The van der Waals surface area contributed by atoms with Crippen molar-refractivity contribution in [2.75, 3.05) is 32.2 Å². The molecular formula is C47H49N3O8. The predicted octanol–water partition coefficient (Wildman–Crippen LogP) is 8.74. The van der Waals surface area contributed by atoms with Crippen LogP contribution < -0.4 is 24.8 Å². The minimum Gasteiger partial charge on any atom is -0.497 e. The number of ether oxygens (including phenoxy) is 4. The number of aromatic nitrogens is 1. The number of carbonyl (C=O) groups excluding carboxylic acids is 2. The van der Waals surface area contributed by atoms with Crippen LogP contribution in [0.5, 0.6) is 17.2 Å². The fourth-order valence-electron chi connectivity index (χ4n) is 8.51. The second-order valence-corrected chi connectivity index (χ2v) is 15.3. The van der Waals surface area contributed by atoms with E-state index < -0.39 is 11.5 Å². The topological polar surface area (TPSA) is 137 Å². The van der Waals surface area contributed by atoms with Crippen LogP contribution in [-0.2, 0) is 27.5 Å². The molecule has 1 aliphatic heterocycles. The molecular weight excluding hydrogens is 735 g/mol. The minimum absolute atomic E-state index is 0.198. The van der Waals surface area contributed by atoms with Gasteiger partial charge in [-0.25, -0.2) is 4.79 Å². The predicted molar refractivity (Wildman–Crippen MR) is 223 cm³/mol. The molecule has 300 valence electrons. The quantitative estimate of drug-likeness (QED) is 0.0752. The molecule has 8 rings (SSSR count). The van der Waals surface area contributed by atoms with E-state index in [9.17, 15) is 19.5 Å². The maximum absolute atomic E-state index is 14.2. The van der Waals surface area contributed by atoms with Gasteiger partial charge in [0.15, 0.2) is 0 Å². The van der Waals surface area contributed by atoms with Crippen LogP contribution in [0, 0.1) is 0 Å². The van der Waals surface area contributed by atoms with E-state index in [1.54, 1.807) is 25.3 Å². The fourth-order valence-corrected chi connectivity index (χ4v) is 8.51. The molecule has 3 aliphatic rings. The highest BCUT2D eigenvalue weighted by atomic mass is 16.5. The molecule has 0 unspecified atom stereocenters. The summed E-state index contributed by atoms with van der Waals surface area (Å²) in [5.74, 6) is 0.573. The van der Waals surface area contributed by atoms with Crippen LogP contribution in [0.2, 0.25) is 0 Å². The minimum atomic E-state index is -1.11. The summed E-state index contributed by atoms with van der Waals surface area (Å²) in [6.45, 7) is 2.02. The number of fused-ring (bicyclic) bond motifs is 5. The van der Waals surface area contributed by atoms with Crippen molar-refractivity contribution in [3.8, 4) is 28.5 Å². The highest BCUT2D eigenvalue weighted by Crippen LogP contribution is 2.48. The first-order valence-electron chi connectivity index (χ1n) is 20.2. The largest absolute Gasteiger partial charge is 0.497 e. The van der Waals surface area contributed by atoms with Crippen molar-refractivity contribution in [1.82, 2.24) is 9.88 Å². The van der Waals surface area contributed by atoms with Crippen molar-refractivity contribution >= 4 is 40.4 Å². The van der Waals surface area contributed by atoms with E-state index in [-0.39, 0.29) is 18.4 Å². The number of benzene rings is 4. The Morgan fingerprint density at radius 3 is 2.52 bits per heavy atom. The number of nitrogens with one attached hydrogen (secondary N) is 2. The van der Waals surface area contributed by atoms with E-state index in [4.69, 9.17) is 18.9 Å². The van der Waals surface area contributed by atoms with Crippen LogP contribution in [0.1, 0.15) is 84.3 Å². The van der Waals surface area contributed by atoms with Gasteiger partial charge in [-0.15, -0.1) is 0 Å². The second kappa shape index (κ2) is 17.2. The van der Waals surface area contributed by atoms with Crippen LogP contribution in [0.3, 0.4) is 0 Å². The number of hydrogen-bond acceptors (Lipinski definition) is 7. The van der Waals surface area contributed by atoms with Crippen molar-refractivity contribution in [3.05, 3.63) is 113 Å². The van der Waals surface area contributed by atoms with Crippen LogP contribution in [-0.4, -0.2) is 59.9 Å². The lowest BCUT2D eigenvalue weighted by atomic mass is 9.75. The summed E-state index contributed by atoms with van der Waals surface area (Å²) in [6.07, 6.45) is 10.1. The molecule has 1 aromatic heterocycles. The molecule has 2 saturated carbocycles. The van der Waals surface area contributed by atoms with Gasteiger partial charge >= 0.3 is 5.97 Å². The molecule has 2 heterocycles. The first-order chi connectivity index (χ1) is 28.3. The third-order valence-corrected chi connectivity index (χ3v) is 11.7. The number of methoxy groups -OCH3 is 1. The number of anilines is 1. The van der Waals surface area contributed by atoms with Gasteiger partial charge in [0.1, 0.15) is 36.0 Å². The normalized spacial score (nSPS) is 16.0. The molecule has 58 heavy (non-hydrogen) atoms. The SMILES string of the molecule is COc1ccc2c(c1)OCCn1c-2c(C2CCCCC2)c2ccc(C(=O)NC3(C(=O)Nc4ccc(C=CC(=O)O)cc4OCCOCc4ccccc4)CCC3)cc21. The highest BCUT2D eigenvalue weighted by molar-refractivity contribution is 6.06. The van der Waals surface area contributed by atoms with Gasteiger partial charge in [-0.2, -0.15) is 0 Å². The summed E-state index contributed by atoms with van der Waals surface area (Å²) in [6, 6.07) is 26.8. The summed E-state index contributed by atoms with van der Waals surface area (Å²) >= 11 is 0. The van der Waals surface area contributed by atoms with Crippen molar-refractivity contribution in [3.63, 3.8) is 0 Å². The van der Waals surface area contributed by atoms with Gasteiger partial charge in [-0.1, -0.05) is 61.7 Å². The number of carboxylic acids is 1. The van der Waals surface area contributed by atoms with E-state index in [0.29, 0.717) is 67.7 Å². The molecule has 2 amide bonds. The van der Waals surface area contributed by atoms with E-state index in [2.05, 4.69) is 27.3 Å². The van der Waals surface area contributed by atoms with Crippen molar-refractivity contribution in [2.24, 2.45) is 0 Å². The van der Waals surface area contributed by atoms with Gasteiger partial charge in [0, 0.05) is 34.2 Å². The Morgan fingerprint density at radius 2 is 1.76 bits per heavy atom. The molecule has 0 saturated heterocycles. The number of rotatable bonds is 14. The summed E-state index contributed by atoms with van der Waals surface area (Å²) < 4.78 is 26.0. The Kier molecular flexibility index (Phi) is 11.5. The van der Waals surface area contributed by atoms with Crippen LogP contribution in [0.25, 0.3) is 28.2 Å². The fraction of sp³-hybridized carbons (Fsp3) is 0.340. The molecule has 0 atom stereocenters. The average molecular weight is 784 g/mol. The molecule has 4 aromatic carbocycles. The Hall–Kier alpha value is -6.07. The third kappa shape index (κ3) is 8.17. The van der Waals surface area contributed by atoms with Crippen LogP contribution in [0.15, 0.2) is 91.0 Å². The van der Waals surface area contributed by atoms with Gasteiger partial charge in [0.05, 0.1) is 38.2 Å². The maximum Gasteiger partial charge on any atom is 0.328 e. The number of nitrogens with zero attached hydrogens (tertiary/aromatic N) is 1. The third-order valence-electron chi connectivity index (χ3n) is 11.7. The average Bonchev–Trinajstić information content (AvgIpc) is 3.43. The van der Waals surface area contributed by atoms with Crippen LogP contribution in [0.4, 0.5) is 5.69 Å². The van der Waals surface area contributed by atoms with Crippen molar-refractivity contribution in [2.45, 2.75) is 76.0 Å². The van der Waals surface area contributed by atoms with E-state index in [1.165, 1.54) is 30.9 Å². The lowest BCUT2D eigenvalue weighted by molar-refractivity contribution is -0.131. The molecule has 2 fully saturated rings. The Labute approximate surface area is 337 Å². The lowest BCUT2D eigenvalue weighted by Gasteiger charge is -2.40. The molecule has 3 N–H and O–H groups in total. The monoisotopic (exact) mass is 783 g/mol. The van der Waals surface area contributed by atoms with Crippen molar-refractivity contribution < 1.29 is 38.4 Å². The molecule has 11 nitrogen and oxygen atoms in total. The number of aliphatic carboxylic acids is 1. The Bertz CT molecular complexity index is 2340. The zero-order chi connectivity index (χ0) is 40.1. The van der Waals surface area contributed by atoms with Crippen molar-refractivity contribution in [1.29, 1.82) is 0 Å². The summed E-state index contributed by atoms with van der Waals surface area (Å²) in [4.78, 5) is 39.5. The van der Waals surface area contributed by atoms with E-state index in [0.717, 1.165) is 64.6 Å². The zero-order valence-electron chi connectivity index (χ0n) is 32.8. The zero-order valence-corrected chi connectivity index (χ0v) is 32.8. The number of hydrogen-bond donors (Lipinski definition) is 3. The van der Waals surface area contributed by atoms with Gasteiger partial charge in [0.2, 0.25) is 5.91 Å². The smallest absolute Gasteiger partial charge is 0.328 e. The molecule has 0 spiro atoms. The van der Waals surface area contributed by atoms with E-state index >= 15 is 0 Å². The standard InChI is InChI=1S/C47H49N3O8/c1-55-35-16-18-37-40(29-35)57-24-23-50-39-28-34(15-17-36(39)43(44(37)50)33-11-6-3-7-12-33)45(53)49-47(21-8-22-47)46(54)48-38-19-13-31(14-20-42(51)52)27-41(38)58-26-25-56-30-32-9-4-2-5-10-32/h2,4-5,9-10,13-20,27-29,33H,3,6-8,11-12,21-26,30H2,1H3,(H,48,54)(H,49,53)(H,51,52). The summed E-state index contributed by atoms with van der Waals surface area (Å²) in [7, 11) is 1.66. The second-order valence-electron chi connectivity index (χ2n) is 15.3. The molecule has 0 radical (unpaired) electrons. The Morgan fingerprint density at radius 1 is 0.931 bits per heavy atom. The summed E-state index contributed by atoms with van der Waals surface area (Å²) in [5, 5.41) is 16.5. The number of amides is 2. The van der Waals surface area contributed by atoms with Crippen LogP contribution >= 0.6 is 0 Å². The molecule has 2 aliphatic carbocycles. The first kappa shape index (κ1) is 38.8. The number of carboxylic acid groups (broad SMARTS) is 1. The Balaban J connectivity index is 1.03. The lowest BCUT2D eigenvalue weighted by Crippen LogP contribution is -2.61. The molecule has 0 bridgehead atoms. The molecule has 11 heteroatoms. The van der Waals surface area contributed by atoms with Gasteiger partial charge in [-0.05, 0) is 97.2 Å². The highest BCUT2D eigenvalue weighted by Gasteiger charge is 2.46. The van der Waals surface area contributed by atoms with Gasteiger partial charge in [-0.3, -0.25) is 9.59 Å². The molecule has 5 aromatic rings. The van der Waals surface area contributed by atoms with Gasteiger partial charge < -0.3 is 39.3 Å². The first-order valence-corrected chi connectivity index (χ1v) is 20.2. The summed E-state index contributed by atoms with van der Waals surface area (Å²) in [5.41, 5.74) is 5.89. The number of carbonyl (C=O) groups is 3. The maximum atomic E-state index is 14.2. The van der Waals surface area contributed by atoms with Gasteiger partial charge in [0.25, 0.3) is 5.91 Å².